The number of thioether (sulfide) groups is 1. The van der Waals surface area contributed by atoms with Crippen LogP contribution in [-0.4, -0.2) is 20.9 Å². The fraction of sp³-hybridized carbons (Fsp3) is 0.136. The maximum atomic E-state index is 12.6. The second-order valence-corrected chi connectivity index (χ2v) is 7.43. The van der Waals surface area contributed by atoms with Crippen LogP contribution < -0.4 is 0 Å². The van der Waals surface area contributed by atoms with E-state index in [9.17, 15) is 4.79 Å². The second kappa shape index (κ2) is 8.79. The number of hydrogen-bond acceptors (Lipinski definition) is 6. The molecule has 2 heterocycles. The highest BCUT2D eigenvalue weighted by atomic mass is 32.2. The minimum absolute atomic E-state index is 0.207. The van der Waals surface area contributed by atoms with Gasteiger partial charge in [-0.05, 0) is 42.8 Å². The number of rotatable bonds is 7. The minimum Gasteiger partial charge on any atom is -0.457 e. The van der Waals surface area contributed by atoms with Gasteiger partial charge in [-0.15, -0.1) is 11.8 Å². The molecule has 0 aliphatic rings. The molecule has 7 heteroatoms. The zero-order valence-corrected chi connectivity index (χ0v) is 16.6. The third-order valence-corrected chi connectivity index (χ3v) is 5.32. The molecule has 0 unspecified atom stereocenters. The van der Waals surface area contributed by atoms with Gasteiger partial charge in [0, 0.05) is 23.4 Å². The van der Waals surface area contributed by atoms with E-state index in [1.165, 1.54) is 11.8 Å². The zero-order valence-electron chi connectivity index (χ0n) is 15.8. The Morgan fingerprint density at radius 2 is 1.97 bits per heavy atom. The predicted octanol–water partition coefficient (Wildman–Crippen LogP) is 4.82. The molecule has 0 aliphatic carbocycles. The van der Waals surface area contributed by atoms with Crippen LogP contribution in [0.3, 0.4) is 0 Å². The van der Waals surface area contributed by atoms with Crippen LogP contribution in [0.2, 0.25) is 0 Å². The molecule has 29 heavy (non-hydrogen) atoms. The Labute approximate surface area is 172 Å². The van der Waals surface area contributed by atoms with Gasteiger partial charge < -0.3 is 9.26 Å². The average molecular weight is 405 g/mol. The first-order valence-electron chi connectivity index (χ1n) is 9.09. The fourth-order valence-corrected chi connectivity index (χ4v) is 3.70. The molecule has 0 saturated heterocycles. The molecule has 6 nitrogen and oxygen atoms in total. The number of aromatic nitrogens is 3. The molecule has 0 fully saturated rings. The first kappa shape index (κ1) is 19.0. The number of aryl methyl sites for hydroxylation is 1. The molecule has 146 valence electrons. The van der Waals surface area contributed by atoms with Crippen molar-refractivity contribution in [2.24, 2.45) is 0 Å². The van der Waals surface area contributed by atoms with Gasteiger partial charge in [0.2, 0.25) is 0 Å². The van der Waals surface area contributed by atoms with Gasteiger partial charge in [-0.3, -0.25) is 0 Å². The van der Waals surface area contributed by atoms with Crippen LogP contribution in [0.1, 0.15) is 27.4 Å². The van der Waals surface area contributed by atoms with Crippen molar-refractivity contribution in [3.8, 4) is 5.69 Å². The summed E-state index contributed by atoms with van der Waals surface area (Å²) in [4.78, 5) is 13.5. The standard InChI is InChI=1S/C22H19N3O3S/c1-16-13-19(28-24-16)15-29-21-6-3-2-5-20(21)22(26)27-14-17-7-9-18(10-8-17)25-12-4-11-23-25/h2-13H,14-15H2,1H3. The van der Waals surface area contributed by atoms with Crippen molar-refractivity contribution in [2.75, 3.05) is 0 Å². The van der Waals surface area contributed by atoms with E-state index in [1.54, 1.807) is 16.9 Å². The summed E-state index contributed by atoms with van der Waals surface area (Å²) in [6, 6.07) is 18.9. The molecule has 4 aromatic rings. The molecule has 0 aliphatic heterocycles. The van der Waals surface area contributed by atoms with Gasteiger partial charge in [0.25, 0.3) is 0 Å². The summed E-state index contributed by atoms with van der Waals surface area (Å²) in [6.07, 6.45) is 3.61. The highest BCUT2D eigenvalue weighted by Crippen LogP contribution is 2.27. The van der Waals surface area contributed by atoms with E-state index in [-0.39, 0.29) is 12.6 Å². The lowest BCUT2D eigenvalue weighted by molar-refractivity contribution is 0.0468. The molecule has 0 amide bonds. The molecule has 4 rings (SSSR count). The Balaban J connectivity index is 1.38. The molecule has 0 bridgehead atoms. The molecule has 0 spiro atoms. The van der Waals surface area contributed by atoms with E-state index in [4.69, 9.17) is 9.26 Å². The van der Waals surface area contributed by atoms with Crippen molar-refractivity contribution in [1.29, 1.82) is 0 Å². The third kappa shape index (κ3) is 4.75. The van der Waals surface area contributed by atoms with E-state index in [0.29, 0.717) is 11.3 Å². The zero-order chi connectivity index (χ0) is 20.1. The average Bonchev–Trinajstić information content (AvgIpc) is 3.43. The van der Waals surface area contributed by atoms with Gasteiger partial charge >= 0.3 is 5.97 Å². The van der Waals surface area contributed by atoms with E-state index >= 15 is 0 Å². The summed E-state index contributed by atoms with van der Waals surface area (Å²) in [6.45, 7) is 2.09. The maximum Gasteiger partial charge on any atom is 0.339 e. The van der Waals surface area contributed by atoms with Crippen LogP contribution in [0.15, 0.2) is 82.5 Å². The minimum atomic E-state index is -0.349. The van der Waals surface area contributed by atoms with E-state index < -0.39 is 0 Å². The van der Waals surface area contributed by atoms with Crippen LogP contribution in [0.25, 0.3) is 5.69 Å². The highest BCUT2D eigenvalue weighted by Gasteiger charge is 2.14. The van der Waals surface area contributed by atoms with Crippen molar-refractivity contribution in [2.45, 2.75) is 24.2 Å². The van der Waals surface area contributed by atoms with Crippen LogP contribution in [0.4, 0.5) is 0 Å². The van der Waals surface area contributed by atoms with E-state index in [0.717, 1.165) is 27.6 Å². The number of nitrogens with zero attached hydrogens (tertiary/aromatic N) is 3. The first-order valence-corrected chi connectivity index (χ1v) is 10.1. The quantitative estimate of drug-likeness (QED) is 0.324. The summed E-state index contributed by atoms with van der Waals surface area (Å²) in [5.41, 5.74) is 3.25. The summed E-state index contributed by atoms with van der Waals surface area (Å²) in [7, 11) is 0. The molecular weight excluding hydrogens is 386 g/mol. The maximum absolute atomic E-state index is 12.6. The second-order valence-electron chi connectivity index (χ2n) is 6.41. The lowest BCUT2D eigenvalue weighted by atomic mass is 10.2. The number of esters is 1. The summed E-state index contributed by atoms with van der Waals surface area (Å²) >= 11 is 1.52. The number of benzene rings is 2. The fourth-order valence-electron chi connectivity index (χ4n) is 2.79. The van der Waals surface area contributed by atoms with Crippen molar-refractivity contribution in [3.63, 3.8) is 0 Å². The SMILES string of the molecule is Cc1cc(CSc2ccccc2C(=O)OCc2ccc(-n3cccn3)cc2)on1. The normalized spacial score (nSPS) is 10.8. The Kier molecular flexibility index (Phi) is 5.76. The van der Waals surface area contributed by atoms with Gasteiger partial charge in [0.05, 0.1) is 22.7 Å². The largest absolute Gasteiger partial charge is 0.457 e. The van der Waals surface area contributed by atoms with Crippen LogP contribution in [0, 0.1) is 6.92 Å². The molecule has 2 aromatic carbocycles. The first-order chi connectivity index (χ1) is 14.2. The molecule has 0 atom stereocenters. The number of ether oxygens (including phenoxy) is 1. The summed E-state index contributed by atoms with van der Waals surface area (Å²) < 4.78 is 12.5. The molecule has 0 saturated carbocycles. The monoisotopic (exact) mass is 405 g/mol. The van der Waals surface area contributed by atoms with Gasteiger partial charge in [0.1, 0.15) is 12.4 Å². The number of carbonyl (C=O) groups excluding carboxylic acids is 1. The summed E-state index contributed by atoms with van der Waals surface area (Å²) in [5, 5.41) is 8.09. The molecular formula is C22H19N3O3S. The van der Waals surface area contributed by atoms with E-state index in [2.05, 4.69) is 10.3 Å². The summed E-state index contributed by atoms with van der Waals surface area (Å²) in [5.74, 6) is 1.02. The molecule has 0 N–H and O–H groups in total. The van der Waals surface area contributed by atoms with Crippen LogP contribution >= 0.6 is 11.8 Å². The van der Waals surface area contributed by atoms with Gasteiger partial charge in [0.15, 0.2) is 0 Å². The Morgan fingerprint density at radius 3 is 2.69 bits per heavy atom. The van der Waals surface area contributed by atoms with Crippen molar-refractivity contribution in [3.05, 3.63) is 95.6 Å². The van der Waals surface area contributed by atoms with Crippen molar-refractivity contribution < 1.29 is 14.1 Å². The molecule has 2 aromatic heterocycles. The van der Waals surface area contributed by atoms with Gasteiger partial charge in [-0.25, -0.2) is 9.48 Å². The van der Waals surface area contributed by atoms with Crippen molar-refractivity contribution in [1.82, 2.24) is 14.9 Å². The van der Waals surface area contributed by atoms with Crippen LogP contribution in [0.5, 0.6) is 0 Å². The van der Waals surface area contributed by atoms with Crippen molar-refractivity contribution >= 4 is 17.7 Å². The lowest BCUT2D eigenvalue weighted by Gasteiger charge is -2.09. The lowest BCUT2D eigenvalue weighted by Crippen LogP contribution is -2.07. The van der Waals surface area contributed by atoms with Gasteiger partial charge in [-0.1, -0.05) is 29.4 Å². The van der Waals surface area contributed by atoms with E-state index in [1.807, 2.05) is 67.7 Å². The molecule has 0 radical (unpaired) electrons. The smallest absolute Gasteiger partial charge is 0.339 e. The predicted molar refractivity (Wildman–Crippen MR) is 110 cm³/mol. The van der Waals surface area contributed by atoms with Crippen LogP contribution in [-0.2, 0) is 17.1 Å². The Hall–Kier alpha value is -3.32. The highest BCUT2D eigenvalue weighted by molar-refractivity contribution is 7.98. The number of carbonyl (C=O) groups is 1. The number of hydrogen-bond donors (Lipinski definition) is 0. The Morgan fingerprint density at radius 1 is 1.14 bits per heavy atom. The Bertz CT molecular complexity index is 1090. The topological polar surface area (TPSA) is 70.2 Å². The third-order valence-electron chi connectivity index (χ3n) is 4.23. The van der Waals surface area contributed by atoms with Gasteiger partial charge in [-0.2, -0.15) is 5.10 Å².